The number of nitrogens with zero attached hydrogens (tertiary/aromatic N) is 3. The van der Waals surface area contributed by atoms with Crippen molar-refractivity contribution in [3.63, 3.8) is 0 Å². The normalized spacial score (nSPS) is 19.6. The second-order valence-corrected chi connectivity index (χ2v) is 9.22. The summed E-state index contributed by atoms with van der Waals surface area (Å²) in [5, 5.41) is 10.9. The predicted octanol–water partition coefficient (Wildman–Crippen LogP) is 1.36. The van der Waals surface area contributed by atoms with Gasteiger partial charge in [-0.1, -0.05) is 12.8 Å². The van der Waals surface area contributed by atoms with Gasteiger partial charge in [0.2, 0.25) is 10.0 Å². The van der Waals surface area contributed by atoms with Crippen LogP contribution in [0.25, 0.3) is 6.08 Å². The molecule has 0 spiro atoms. The molecular formula is C19H22N4O6S. The number of sulfonamides is 1. The minimum absolute atomic E-state index is 0.0197. The zero-order valence-corrected chi connectivity index (χ0v) is 17.3. The number of barbiturate groups is 1. The van der Waals surface area contributed by atoms with Crippen LogP contribution >= 0.6 is 0 Å². The van der Waals surface area contributed by atoms with Crippen LogP contribution in [-0.4, -0.2) is 54.3 Å². The summed E-state index contributed by atoms with van der Waals surface area (Å²) < 4.78 is 30.4. The van der Waals surface area contributed by atoms with Gasteiger partial charge in [-0.3, -0.25) is 19.8 Å². The molecule has 1 saturated heterocycles. The minimum Gasteiger partial charge on any atom is -0.460 e. The quantitative estimate of drug-likeness (QED) is 0.504. The van der Waals surface area contributed by atoms with Gasteiger partial charge in [-0.15, -0.1) is 0 Å². The number of amides is 4. The number of nitriles is 1. The van der Waals surface area contributed by atoms with E-state index in [1.54, 1.807) is 0 Å². The molecule has 30 heavy (non-hydrogen) atoms. The SMILES string of the molecule is CS(=O)(=O)N(CCC#N)Cc1ccc(/C=C2\C(=O)NC(=O)N(C3CCCC3)C2=O)o1. The van der Waals surface area contributed by atoms with E-state index < -0.39 is 27.9 Å². The number of urea groups is 1. The first-order valence-corrected chi connectivity index (χ1v) is 11.4. The molecule has 4 amide bonds. The summed E-state index contributed by atoms with van der Waals surface area (Å²) in [7, 11) is -3.55. The fourth-order valence-electron chi connectivity index (χ4n) is 3.58. The number of imide groups is 2. The number of rotatable bonds is 7. The van der Waals surface area contributed by atoms with Crippen LogP contribution in [0.4, 0.5) is 4.79 Å². The molecule has 11 heteroatoms. The number of carbonyl (C=O) groups is 3. The monoisotopic (exact) mass is 434 g/mol. The lowest BCUT2D eigenvalue weighted by molar-refractivity contribution is -0.131. The number of carbonyl (C=O) groups excluding carboxylic acids is 3. The van der Waals surface area contributed by atoms with Gasteiger partial charge in [-0.25, -0.2) is 13.2 Å². The standard InChI is InChI=1S/C19H22N4O6S/c1-30(27,28)22(10-4-9-20)12-15-8-7-14(29-15)11-16-17(24)21-19(26)23(18(16)25)13-5-2-3-6-13/h7-8,11,13H,2-6,10,12H2,1H3,(H,21,24,26)/b16-11+. The van der Waals surface area contributed by atoms with Gasteiger partial charge in [0, 0.05) is 19.0 Å². The molecule has 0 aromatic carbocycles. The van der Waals surface area contributed by atoms with Crippen LogP contribution in [0.1, 0.15) is 43.6 Å². The smallest absolute Gasteiger partial charge is 0.331 e. The third-order valence-electron chi connectivity index (χ3n) is 5.07. The molecular weight excluding hydrogens is 412 g/mol. The highest BCUT2D eigenvalue weighted by Gasteiger charge is 2.40. The Morgan fingerprint density at radius 2 is 2.00 bits per heavy atom. The second-order valence-electron chi connectivity index (χ2n) is 7.24. The van der Waals surface area contributed by atoms with E-state index in [0.29, 0.717) is 12.8 Å². The van der Waals surface area contributed by atoms with Crippen molar-refractivity contribution in [2.24, 2.45) is 0 Å². The Kier molecular flexibility index (Phi) is 6.38. The summed E-state index contributed by atoms with van der Waals surface area (Å²) in [6, 6.07) is 3.98. The molecule has 1 aliphatic heterocycles. The molecule has 0 bridgehead atoms. The molecule has 160 valence electrons. The predicted molar refractivity (Wildman–Crippen MR) is 105 cm³/mol. The Labute approximate surface area is 174 Å². The summed E-state index contributed by atoms with van der Waals surface area (Å²) in [5.74, 6) is -1.00. The van der Waals surface area contributed by atoms with Gasteiger partial charge in [0.15, 0.2) is 0 Å². The molecule has 2 heterocycles. The minimum atomic E-state index is -3.55. The molecule has 0 atom stereocenters. The van der Waals surface area contributed by atoms with Crippen molar-refractivity contribution in [3.05, 3.63) is 29.2 Å². The van der Waals surface area contributed by atoms with Gasteiger partial charge < -0.3 is 4.42 Å². The van der Waals surface area contributed by atoms with E-state index in [4.69, 9.17) is 9.68 Å². The molecule has 2 aliphatic rings. The van der Waals surface area contributed by atoms with E-state index >= 15 is 0 Å². The van der Waals surface area contributed by atoms with Crippen molar-refractivity contribution in [2.45, 2.75) is 44.7 Å². The van der Waals surface area contributed by atoms with Crippen LogP contribution in [0.15, 0.2) is 22.1 Å². The highest BCUT2D eigenvalue weighted by atomic mass is 32.2. The van der Waals surface area contributed by atoms with Crippen LogP contribution < -0.4 is 5.32 Å². The topological polar surface area (TPSA) is 141 Å². The Morgan fingerprint density at radius 3 is 2.63 bits per heavy atom. The Hall–Kier alpha value is -2.97. The number of nitrogens with one attached hydrogen (secondary N) is 1. The maximum absolute atomic E-state index is 12.8. The molecule has 10 nitrogen and oxygen atoms in total. The van der Waals surface area contributed by atoms with Gasteiger partial charge in [0.05, 0.1) is 18.9 Å². The first kappa shape index (κ1) is 21.7. The largest absolute Gasteiger partial charge is 0.460 e. The molecule has 1 saturated carbocycles. The van der Waals surface area contributed by atoms with Gasteiger partial charge in [-0.05, 0) is 31.1 Å². The summed E-state index contributed by atoms with van der Waals surface area (Å²) in [4.78, 5) is 38.2. The Balaban J connectivity index is 1.80. The van der Waals surface area contributed by atoms with Crippen LogP contribution in [0.2, 0.25) is 0 Å². The summed E-state index contributed by atoms with van der Waals surface area (Å²) in [6.45, 7) is -0.0671. The lowest BCUT2D eigenvalue weighted by Gasteiger charge is -2.30. The zero-order valence-electron chi connectivity index (χ0n) is 16.5. The third kappa shape index (κ3) is 4.77. The van der Waals surface area contributed by atoms with E-state index in [1.807, 2.05) is 6.07 Å². The van der Waals surface area contributed by atoms with Gasteiger partial charge >= 0.3 is 6.03 Å². The Bertz CT molecular complexity index is 1030. The number of hydrogen-bond acceptors (Lipinski definition) is 7. The van der Waals surface area contributed by atoms with Crippen LogP contribution in [0.5, 0.6) is 0 Å². The van der Waals surface area contributed by atoms with Crippen LogP contribution in [0, 0.1) is 11.3 Å². The van der Waals surface area contributed by atoms with Crippen molar-refractivity contribution < 1.29 is 27.2 Å². The first-order valence-electron chi connectivity index (χ1n) is 9.52. The first-order chi connectivity index (χ1) is 14.2. The van der Waals surface area contributed by atoms with E-state index in [1.165, 1.54) is 18.2 Å². The van der Waals surface area contributed by atoms with Crippen LogP contribution in [0.3, 0.4) is 0 Å². The lowest BCUT2D eigenvalue weighted by atomic mass is 10.1. The second kappa shape index (κ2) is 8.81. The van der Waals surface area contributed by atoms with Crippen molar-refractivity contribution in [2.75, 3.05) is 12.8 Å². The number of furan rings is 1. The van der Waals surface area contributed by atoms with Crippen molar-refractivity contribution in [1.82, 2.24) is 14.5 Å². The Morgan fingerprint density at radius 1 is 1.30 bits per heavy atom. The van der Waals surface area contributed by atoms with Crippen molar-refractivity contribution in [1.29, 1.82) is 5.26 Å². The van der Waals surface area contributed by atoms with Gasteiger partial charge in [-0.2, -0.15) is 9.57 Å². The molecule has 2 fully saturated rings. The van der Waals surface area contributed by atoms with E-state index in [9.17, 15) is 22.8 Å². The van der Waals surface area contributed by atoms with Gasteiger partial charge in [0.25, 0.3) is 11.8 Å². The molecule has 1 aromatic heterocycles. The van der Waals surface area contributed by atoms with Gasteiger partial charge in [0.1, 0.15) is 17.1 Å². The maximum atomic E-state index is 12.8. The summed E-state index contributed by atoms with van der Waals surface area (Å²) in [5.41, 5.74) is -0.216. The average Bonchev–Trinajstić information content (AvgIpc) is 3.33. The van der Waals surface area contributed by atoms with E-state index in [0.717, 1.165) is 28.3 Å². The molecule has 0 radical (unpaired) electrons. The third-order valence-corrected chi connectivity index (χ3v) is 6.32. The van der Waals surface area contributed by atoms with Crippen molar-refractivity contribution >= 4 is 33.9 Å². The lowest BCUT2D eigenvalue weighted by Crippen LogP contribution is -2.57. The highest BCUT2D eigenvalue weighted by molar-refractivity contribution is 7.88. The maximum Gasteiger partial charge on any atom is 0.331 e. The molecule has 1 N–H and O–H groups in total. The summed E-state index contributed by atoms with van der Waals surface area (Å²) in [6.07, 6.45) is 5.55. The number of hydrogen-bond donors (Lipinski definition) is 1. The fraction of sp³-hybridized carbons (Fsp3) is 0.474. The van der Waals surface area contributed by atoms with E-state index in [-0.39, 0.29) is 42.6 Å². The average molecular weight is 434 g/mol. The zero-order chi connectivity index (χ0) is 21.9. The summed E-state index contributed by atoms with van der Waals surface area (Å²) >= 11 is 0. The van der Waals surface area contributed by atoms with Crippen molar-refractivity contribution in [3.8, 4) is 6.07 Å². The fourth-order valence-corrected chi connectivity index (χ4v) is 4.36. The molecule has 3 rings (SSSR count). The molecule has 1 aliphatic carbocycles. The van der Waals surface area contributed by atoms with E-state index in [2.05, 4.69) is 5.32 Å². The molecule has 1 aromatic rings. The highest BCUT2D eigenvalue weighted by Crippen LogP contribution is 2.27. The van der Waals surface area contributed by atoms with Crippen LogP contribution in [-0.2, 0) is 26.2 Å². The molecule has 0 unspecified atom stereocenters.